The maximum absolute atomic E-state index is 13.1. The van der Waals surface area contributed by atoms with Crippen molar-refractivity contribution in [2.24, 2.45) is 0 Å². The minimum Gasteiger partial charge on any atom is -0.497 e. The third kappa shape index (κ3) is 4.92. The molecule has 1 N–H and O–H groups in total. The maximum Gasteiger partial charge on any atom is 0.420 e. The number of benzene rings is 2. The van der Waals surface area contributed by atoms with Crippen molar-refractivity contribution in [1.29, 1.82) is 0 Å². The van der Waals surface area contributed by atoms with Crippen LogP contribution in [0.15, 0.2) is 48.5 Å². The average Bonchev–Trinajstić information content (AvgIpc) is 2.52. The summed E-state index contributed by atoms with van der Waals surface area (Å²) in [5.41, 5.74) is 0.568. The topological polar surface area (TPSA) is 21.3 Å². The molecule has 0 amide bonds. The molecule has 0 unspecified atom stereocenters. The molecule has 2 aromatic carbocycles. The molecule has 0 heterocycles. The molecule has 0 fully saturated rings. The first-order valence-electron chi connectivity index (χ1n) is 6.63. The Kier molecular flexibility index (Phi) is 5.12. The van der Waals surface area contributed by atoms with Crippen LogP contribution < -0.4 is 10.1 Å². The number of methoxy groups -OCH3 is 1. The van der Waals surface area contributed by atoms with Crippen LogP contribution in [-0.2, 0) is 0 Å². The largest absolute Gasteiger partial charge is 0.497 e. The number of halogens is 4. The normalized spacial score (nSPS) is 12.0. The highest BCUT2D eigenvalue weighted by molar-refractivity contribution is 5.49. The smallest absolute Gasteiger partial charge is 0.420 e. The van der Waals surface area contributed by atoms with E-state index < -0.39 is 18.0 Å². The fourth-order valence-corrected chi connectivity index (χ4v) is 1.74. The second kappa shape index (κ2) is 7.05. The van der Waals surface area contributed by atoms with E-state index in [9.17, 15) is 17.6 Å². The van der Waals surface area contributed by atoms with Crippen LogP contribution in [-0.4, -0.2) is 19.3 Å². The van der Waals surface area contributed by atoms with Crippen LogP contribution in [0.5, 0.6) is 5.75 Å². The Morgan fingerprint density at radius 3 is 2.13 bits per heavy atom. The second-order valence-electron chi connectivity index (χ2n) is 4.62. The Hall–Kier alpha value is -2.68. The van der Waals surface area contributed by atoms with Crippen LogP contribution in [0.1, 0.15) is 5.56 Å². The number of hydrogen-bond acceptors (Lipinski definition) is 2. The quantitative estimate of drug-likeness (QED) is 0.674. The van der Waals surface area contributed by atoms with Gasteiger partial charge in [-0.3, -0.25) is 0 Å². The van der Waals surface area contributed by atoms with Gasteiger partial charge in [-0.2, -0.15) is 13.2 Å². The van der Waals surface area contributed by atoms with Gasteiger partial charge < -0.3 is 10.1 Å². The van der Waals surface area contributed by atoms with Crippen LogP contribution in [0.3, 0.4) is 0 Å². The summed E-state index contributed by atoms with van der Waals surface area (Å²) in [7, 11) is 1.47. The molecule has 0 saturated carbocycles. The lowest BCUT2D eigenvalue weighted by molar-refractivity contribution is -0.130. The monoisotopic (exact) mass is 323 g/mol. The zero-order valence-corrected chi connectivity index (χ0v) is 12.1. The van der Waals surface area contributed by atoms with Crippen LogP contribution in [0.4, 0.5) is 23.2 Å². The van der Waals surface area contributed by atoms with Gasteiger partial charge in [0.05, 0.1) is 7.11 Å². The summed E-state index contributed by atoms with van der Waals surface area (Å²) in [5, 5.41) is 2.32. The highest BCUT2D eigenvalue weighted by atomic mass is 19.4. The molecule has 0 bridgehead atoms. The predicted molar refractivity (Wildman–Crippen MR) is 79.7 cm³/mol. The fraction of sp³-hybridized carbons (Fsp3) is 0.176. The summed E-state index contributed by atoms with van der Waals surface area (Å²) in [5.74, 6) is 4.60. The highest BCUT2D eigenvalue weighted by Gasteiger charge is 2.38. The summed E-state index contributed by atoms with van der Waals surface area (Å²) in [6.45, 7) is 0. The van der Waals surface area contributed by atoms with Crippen LogP contribution >= 0.6 is 0 Å². The van der Waals surface area contributed by atoms with E-state index in [1.54, 1.807) is 12.1 Å². The minimum absolute atomic E-state index is 0.265. The van der Waals surface area contributed by atoms with Gasteiger partial charge in [-0.1, -0.05) is 11.8 Å². The van der Waals surface area contributed by atoms with Gasteiger partial charge in [0.25, 0.3) is 0 Å². The van der Waals surface area contributed by atoms with Crippen molar-refractivity contribution in [3.8, 4) is 17.6 Å². The summed E-state index contributed by atoms with van der Waals surface area (Å²) >= 11 is 0. The number of rotatable bonds is 3. The third-order valence-electron chi connectivity index (χ3n) is 2.93. The summed E-state index contributed by atoms with van der Waals surface area (Å²) < 4.78 is 56.9. The summed E-state index contributed by atoms with van der Waals surface area (Å²) in [6.07, 6.45) is -4.55. The number of hydrogen-bond donors (Lipinski definition) is 1. The van der Waals surface area contributed by atoms with Gasteiger partial charge in [0.15, 0.2) is 6.04 Å². The molecule has 1 atom stereocenters. The average molecular weight is 323 g/mol. The Morgan fingerprint density at radius 1 is 1.00 bits per heavy atom. The number of ether oxygens (including phenoxy) is 1. The van der Waals surface area contributed by atoms with E-state index >= 15 is 0 Å². The van der Waals surface area contributed by atoms with Gasteiger partial charge >= 0.3 is 6.18 Å². The van der Waals surface area contributed by atoms with Crippen LogP contribution in [0, 0.1) is 17.7 Å². The van der Waals surface area contributed by atoms with Crippen molar-refractivity contribution >= 4 is 5.69 Å². The van der Waals surface area contributed by atoms with Crippen molar-refractivity contribution < 1.29 is 22.3 Å². The molecule has 2 aromatic rings. The molecule has 0 aliphatic heterocycles. The van der Waals surface area contributed by atoms with Crippen molar-refractivity contribution in [1.82, 2.24) is 0 Å². The molecule has 0 aliphatic rings. The minimum atomic E-state index is -4.55. The molecule has 0 spiro atoms. The second-order valence-corrected chi connectivity index (χ2v) is 4.62. The van der Waals surface area contributed by atoms with Crippen molar-refractivity contribution in [2.45, 2.75) is 12.2 Å². The summed E-state index contributed by atoms with van der Waals surface area (Å²) in [6, 6.07) is 8.92. The molecule has 23 heavy (non-hydrogen) atoms. The van der Waals surface area contributed by atoms with Gasteiger partial charge in [0.2, 0.25) is 0 Å². The lowest BCUT2D eigenvalue weighted by Gasteiger charge is -2.17. The van der Waals surface area contributed by atoms with E-state index in [1.165, 1.54) is 31.4 Å². The molecule has 6 heteroatoms. The molecule has 120 valence electrons. The van der Waals surface area contributed by atoms with Gasteiger partial charge in [-0.25, -0.2) is 4.39 Å². The number of nitrogens with one attached hydrogen (secondary N) is 1. The van der Waals surface area contributed by atoms with Gasteiger partial charge in [-0.05, 0) is 48.5 Å². The van der Waals surface area contributed by atoms with Crippen molar-refractivity contribution in [2.75, 3.05) is 12.4 Å². The van der Waals surface area contributed by atoms with Crippen LogP contribution in [0.25, 0.3) is 0 Å². The highest BCUT2D eigenvalue weighted by Crippen LogP contribution is 2.24. The van der Waals surface area contributed by atoms with Crippen LogP contribution in [0.2, 0.25) is 0 Å². The van der Waals surface area contributed by atoms with E-state index in [4.69, 9.17) is 4.74 Å². The molecule has 0 saturated heterocycles. The first-order chi connectivity index (χ1) is 10.9. The van der Waals surface area contributed by atoms with E-state index in [1.807, 2.05) is 0 Å². The Balaban J connectivity index is 2.19. The van der Waals surface area contributed by atoms with Crippen molar-refractivity contribution in [3.05, 3.63) is 59.9 Å². The third-order valence-corrected chi connectivity index (χ3v) is 2.93. The van der Waals surface area contributed by atoms with E-state index in [0.717, 1.165) is 12.1 Å². The Morgan fingerprint density at radius 2 is 1.61 bits per heavy atom. The Bertz CT molecular complexity index is 697. The maximum atomic E-state index is 13.1. The zero-order valence-electron chi connectivity index (χ0n) is 12.1. The van der Waals surface area contributed by atoms with E-state index in [-0.39, 0.29) is 5.69 Å². The molecule has 2 rings (SSSR count). The standard InChI is InChI=1S/C17H13F4NO/c1-23-15-9-7-14(8-10-15)22-16(17(19,20)21)11-4-12-2-5-13(18)6-3-12/h2-3,5-10,16,22H,1H3/t16-/m1/s1. The number of alkyl halides is 3. The fourth-order valence-electron chi connectivity index (χ4n) is 1.74. The Labute approximate surface area is 131 Å². The first kappa shape index (κ1) is 16.7. The SMILES string of the molecule is COc1ccc(N[C@H](C#Cc2ccc(F)cc2)C(F)(F)F)cc1. The predicted octanol–water partition coefficient (Wildman–Crippen LogP) is 4.23. The number of anilines is 1. The van der Waals surface area contributed by atoms with E-state index in [0.29, 0.717) is 11.3 Å². The van der Waals surface area contributed by atoms with E-state index in [2.05, 4.69) is 17.2 Å². The molecule has 0 radical (unpaired) electrons. The summed E-state index contributed by atoms with van der Waals surface area (Å²) in [4.78, 5) is 0. The van der Waals surface area contributed by atoms with Crippen molar-refractivity contribution in [3.63, 3.8) is 0 Å². The first-order valence-corrected chi connectivity index (χ1v) is 6.63. The lowest BCUT2D eigenvalue weighted by Crippen LogP contribution is -2.34. The van der Waals surface area contributed by atoms with Gasteiger partial charge in [-0.15, -0.1) is 0 Å². The van der Waals surface area contributed by atoms with Gasteiger partial charge in [0.1, 0.15) is 11.6 Å². The molecule has 2 nitrogen and oxygen atoms in total. The zero-order chi connectivity index (χ0) is 16.9. The molecular formula is C17H13F4NO. The molecule has 0 aliphatic carbocycles. The molecular weight excluding hydrogens is 310 g/mol. The molecule has 0 aromatic heterocycles. The lowest BCUT2D eigenvalue weighted by atomic mass is 10.2. The van der Waals surface area contributed by atoms with Gasteiger partial charge in [0, 0.05) is 11.3 Å².